The van der Waals surface area contributed by atoms with Gasteiger partial charge in [0, 0.05) is 13.1 Å². The molecule has 0 aromatic heterocycles. The molecule has 2 atom stereocenters. The van der Waals surface area contributed by atoms with E-state index < -0.39 is 11.7 Å². The van der Waals surface area contributed by atoms with E-state index in [2.05, 4.69) is 5.32 Å². The quantitative estimate of drug-likeness (QED) is 0.732. The van der Waals surface area contributed by atoms with E-state index in [4.69, 9.17) is 9.47 Å². The van der Waals surface area contributed by atoms with Crippen LogP contribution in [-0.4, -0.2) is 42.1 Å². The van der Waals surface area contributed by atoms with E-state index in [0.717, 1.165) is 5.56 Å². The Morgan fingerprint density at radius 2 is 2.00 bits per heavy atom. The van der Waals surface area contributed by atoms with E-state index in [0.29, 0.717) is 44.2 Å². The highest BCUT2D eigenvalue weighted by molar-refractivity contribution is 5.44. The van der Waals surface area contributed by atoms with Crippen LogP contribution in [0.25, 0.3) is 0 Å². The summed E-state index contributed by atoms with van der Waals surface area (Å²) in [6.07, 6.45) is 0.0265. The molecule has 3 N–H and O–H groups in total. The van der Waals surface area contributed by atoms with Gasteiger partial charge >= 0.3 is 0 Å². The molecule has 1 heterocycles. The minimum atomic E-state index is -0.744. The zero-order valence-corrected chi connectivity index (χ0v) is 12.1. The largest absolute Gasteiger partial charge is 0.486 e. The third-order valence-electron chi connectivity index (χ3n) is 3.56. The first-order valence-corrected chi connectivity index (χ1v) is 7.02. The molecule has 2 unspecified atom stereocenters. The van der Waals surface area contributed by atoms with Gasteiger partial charge in [-0.1, -0.05) is 13.0 Å². The Morgan fingerprint density at radius 1 is 1.30 bits per heavy atom. The first-order valence-electron chi connectivity index (χ1n) is 7.02. The van der Waals surface area contributed by atoms with Gasteiger partial charge in [-0.2, -0.15) is 0 Å². The van der Waals surface area contributed by atoms with Gasteiger partial charge in [-0.25, -0.2) is 0 Å². The lowest BCUT2D eigenvalue weighted by Crippen LogP contribution is -2.38. The number of nitrogens with one attached hydrogen (secondary N) is 1. The van der Waals surface area contributed by atoms with Crippen LogP contribution in [0.4, 0.5) is 0 Å². The summed E-state index contributed by atoms with van der Waals surface area (Å²) >= 11 is 0. The molecule has 112 valence electrons. The zero-order chi connectivity index (χ0) is 14.6. The number of hydrogen-bond donors (Lipinski definition) is 3. The number of hydrogen-bond acceptors (Lipinski definition) is 5. The Labute approximate surface area is 119 Å². The van der Waals surface area contributed by atoms with Crippen molar-refractivity contribution < 1.29 is 19.7 Å². The van der Waals surface area contributed by atoms with Crippen molar-refractivity contribution in [3.63, 3.8) is 0 Å². The zero-order valence-electron chi connectivity index (χ0n) is 12.1. The number of benzene rings is 1. The second-order valence-electron chi connectivity index (χ2n) is 5.40. The normalized spacial score (nSPS) is 18.4. The van der Waals surface area contributed by atoms with Gasteiger partial charge in [0.25, 0.3) is 0 Å². The number of aliphatic hydroxyl groups excluding tert-OH is 1. The highest BCUT2D eigenvalue weighted by Crippen LogP contribution is 2.32. The molecule has 0 radical (unpaired) electrons. The number of ether oxygens (including phenoxy) is 2. The molecular weight excluding hydrogens is 258 g/mol. The summed E-state index contributed by atoms with van der Waals surface area (Å²) in [6, 6.07) is 5.45. The summed E-state index contributed by atoms with van der Waals surface area (Å²) in [6.45, 7) is 5.63. The van der Waals surface area contributed by atoms with Gasteiger partial charge in [-0.05, 0) is 31.0 Å². The van der Waals surface area contributed by atoms with E-state index in [1.165, 1.54) is 0 Å². The van der Waals surface area contributed by atoms with Gasteiger partial charge in [0.05, 0.1) is 11.7 Å². The molecule has 0 fully saturated rings. The van der Waals surface area contributed by atoms with Crippen LogP contribution >= 0.6 is 0 Å². The fourth-order valence-corrected chi connectivity index (χ4v) is 1.99. The molecule has 0 spiro atoms. The van der Waals surface area contributed by atoms with E-state index in [1.54, 1.807) is 13.0 Å². The predicted octanol–water partition coefficient (Wildman–Crippen LogP) is 1.24. The predicted molar refractivity (Wildman–Crippen MR) is 76.2 cm³/mol. The van der Waals surface area contributed by atoms with Crippen molar-refractivity contribution in [2.75, 3.05) is 26.3 Å². The van der Waals surface area contributed by atoms with Crippen molar-refractivity contribution in [1.29, 1.82) is 0 Å². The Morgan fingerprint density at radius 3 is 2.70 bits per heavy atom. The second-order valence-corrected chi connectivity index (χ2v) is 5.40. The first-order chi connectivity index (χ1) is 9.52. The maximum absolute atomic E-state index is 10.2. The lowest BCUT2D eigenvalue weighted by molar-refractivity contribution is 0.0515. The minimum absolute atomic E-state index is 0.385. The molecule has 1 aliphatic heterocycles. The van der Waals surface area contributed by atoms with Crippen LogP contribution in [0.1, 0.15) is 31.9 Å². The van der Waals surface area contributed by atoms with Gasteiger partial charge in [-0.15, -0.1) is 0 Å². The minimum Gasteiger partial charge on any atom is -0.486 e. The van der Waals surface area contributed by atoms with Gasteiger partial charge < -0.3 is 25.0 Å². The number of rotatable bonds is 6. The van der Waals surface area contributed by atoms with Gasteiger partial charge in [0.1, 0.15) is 13.2 Å². The summed E-state index contributed by atoms with van der Waals surface area (Å²) in [5.74, 6) is 1.39. The lowest BCUT2D eigenvalue weighted by atomic mass is 10.0. The highest BCUT2D eigenvalue weighted by Gasteiger charge is 2.19. The third-order valence-corrected chi connectivity index (χ3v) is 3.56. The smallest absolute Gasteiger partial charge is 0.161 e. The maximum atomic E-state index is 10.2. The summed E-state index contributed by atoms with van der Waals surface area (Å²) in [5.41, 5.74) is 0.0323. The average molecular weight is 281 g/mol. The molecular formula is C15H23NO4. The fraction of sp³-hybridized carbons (Fsp3) is 0.600. The van der Waals surface area contributed by atoms with Crippen LogP contribution in [0.3, 0.4) is 0 Å². The Bertz CT molecular complexity index is 447. The molecule has 0 aliphatic carbocycles. The molecule has 1 aliphatic rings. The summed E-state index contributed by atoms with van der Waals surface area (Å²) in [5, 5.41) is 23.1. The molecule has 0 saturated carbocycles. The second kappa shape index (κ2) is 6.43. The van der Waals surface area contributed by atoms with Gasteiger partial charge in [0.2, 0.25) is 0 Å². The molecule has 0 bridgehead atoms. The Hall–Kier alpha value is -1.30. The summed E-state index contributed by atoms with van der Waals surface area (Å²) in [4.78, 5) is 0. The molecule has 20 heavy (non-hydrogen) atoms. The Kier molecular flexibility index (Phi) is 4.86. The van der Waals surface area contributed by atoms with Crippen LogP contribution in [-0.2, 0) is 0 Å². The molecule has 5 nitrogen and oxygen atoms in total. The first kappa shape index (κ1) is 15.1. The van der Waals surface area contributed by atoms with Crippen molar-refractivity contribution in [2.24, 2.45) is 0 Å². The maximum Gasteiger partial charge on any atom is 0.161 e. The average Bonchev–Trinajstić information content (AvgIpc) is 2.46. The van der Waals surface area contributed by atoms with Crippen LogP contribution in [0, 0.1) is 0 Å². The lowest BCUT2D eigenvalue weighted by Gasteiger charge is -2.23. The monoisotopic (exact) mass is 281 g/mol. The van der Waals surface area contributed by atoms with E-state index >= 15 is 0 Å². The molecule has 2 rings (SSSR count). The number of aliphatic hydroxyl groups is 2. The highest BCUT2D eigenvalue weighted by atomic mass is 16.6. The molecule has 1 aromatic carbocycles. The van der Waals surface area contributed by atoms with Crippen LogP contribution < -0.4 is 14.8 Å². The summed E-state index contributed by atoms with van der Waals surface area (Å²) < 4.78 is 10.9. The molecule has 5 heteroatoms. The summed E-state index contributed by atoms with van der Waals surface area (Å²) in [7, 11) is 0. The van der Waals surface area contributed by atoms with Crippen molar-refractivity contribution >= 4 is 0 Å². The number of fused-ring (bicyclic) bond motifs is 1. The molecule has 0 saturated heterocycles. The SMILES string of the molecule is CCC(C)(O)CNCC(O)c1ccc2c(c1)OCCO2. The van der Waals surface area contributed by atoms with Crippen molar-refractivity contribution in [3.8, 4) is 11.5 Å². The fourth-order valence-electron chi connectivity index (χ4n) is 1.99. The Balaban J connectivity index is 1.91. The molecule has 1 aromatic rings. The van der Waals surface area contributed by atoms with E-state index in [-0.39, 0.29) is 0 Å². The van der Waals surface area contributed by atoms with E-state index in [9.17, 15) is 10.2 Å². The standard InChI is InChI=1S/C15H23NO4/c1-3-15(2,18)10-16-9-12(17)11-4-5-13-14(8-11)20-7-6-19-13/h4-5,8,12,16-18H,3,6-7,9-10H2,1-2H3. The van der Waals surface area contributed by atoms with Crippen LogP contribution in [0.2, 0.25) is 0 Å². The van der Waals surface area contributed by atoms with Crippen LogP contribution in [0.15, 0.2) is 18.2 Å². The van der Waals surface area contributed by atoms with Crippen molar-refractivity contribution in [1.82, 2.24) is 5.32 Å². The topological polar surface area (TPSA) is 71.0 Å². The molecule has 0 amide bonds. The van der Waals surface area contributed by atoms with Gasteiger partial charge in [0.15, 0.2) is 11.5 Å². The third kappa shape index (κ3) is 3.85. The van der Waals surface area contributed by atoms with E-state index in [1.807, 2.05) is 19.1 Å². The van der Waals surface area contributed by atoms with Crippen LogP contribution in [0.5, 0.6) is 11.5 Å². The van der Waals surface area contributed by atoms with Gasteiger partial charge in [-0.3, -0.25) is 0 Å². The van der Waals surface area contributed by atoms with Crippen molar-refractivity contribution in [3.05, 3.63) is 23.8 Å². The van der Waals surface area contributed by atoms with Crippen molar-refractivity contribution in [2.45, 2.75) is 32.0 Å².